The topological polar surface area (TPSA) is 64.1 Å². The van der Waals surface area contributed by atoms with Crippen LogP contribution in [0.3, 0.4) is 0 Å². The molecule has 3 rings (SSSR count). The largest absolute Gasteiger partial charge is 0.493 e. The van der Waals surface area contributed by atoms with E-state index in [0.29, 0.717) is 36.3 Å². The Morgan fingerprint density at radius 3 is 2.14 bits per heavy atom. The van der Waals surface area contributed by atoms with Crippen molar-refractivity contribution in [1.29, 1.82) is 0 Å². The van der Waals surface area contributed by atoms with Gasteiger partial charge in [-0.25, -0.2) is 0 Å². The van der Waals surface area contributed by atoms with Gasteiger partial charge < -0.3 is 24.8 Å². The van der Waals surface area contributed by atoms with Gasteiger partial charge in [0.15, 0.2) is 17.5 Å². The molecule has 2 N–H and O–H groups in total. The second-order valence-corrected chi connectivity index (χ2v) is 6.45. The van der Waals surface area contributed by atoms with Crippen LogP contribution < -0.4 is 24.8 Å². The van der Waals surface area contributed by atoms with Gasteiger partial charge in [0.2, 0.25) is 5.75 Å². The number of nitrogens with zero attached hydrogens (tertiary/aromatic N) is 1. The minimum absolute atomic E-state index is 0.561. The van der Waals surface area contributed by atoms with Crippen molar-refractivity contribution in [3.05, 3.63) is 65.7 Å². The van der Waals surface area contributed by atoms with Crippen LogP contribution in [-0.4, -0.2) is 34.3 Å². The lowest BCUT2D eigenvalue weighted by molar-refractivity contribution is 0.323. The van der Waals surface area contributed by atoms with E-state index in [1.165, 1.54) is 16.3 Å². The maximum Gasteiger partial charge on any atom is 0.203 e. The van der Waals surface area contributed by atoms with E-state index in [-0.39, 0.29) is 0 Å². The first-order valence-corrected chi connectivity index (χ1v) is 9.40. The number of rotatable bonds is 7. The van der Waals surface area contributed by atoms with Gasteiger partial charge in [-0.15, -0.1) is 0 Å². The van der Waals surface area contributed by atoms with Crippen LogP contribution in [0.2, 0.25) is 0 Å². The fraction of sp³-hybridized carbons (Fsp3) is 0.261. The van der Waals surface area contributed by atoms with E-state index in [4.69, 9.17) is 14.2 Å². The van der Waals surface area contributed by atoms with Crippen molar-refractivity contribution in [1.82, 2.24) is 10.6 Å². The Hall–Kier alpha value is -3.41. The lowest BCUT2D eigenvalue weighted by Gasteiger charge is -2.16. The SMILES string of the molecule is CN=C(NCc1cc(OC)c(OC)c(OC)c1)NCc1cccc2ccccc12. The molecular formula is C23H27N3O3. The van der Waals surface area contributed by atoms with Crippen LogP contribution in [0.5, 0.6) is 17.2 Å². The van der Waals surface area contributed by atoms with Crippen molar-refractivity contribution < 1.29 is 14.2 Å². The smallest absolute Gasteiger partial charge is 0.203 e. The first kappa shape index (κ1) is 20.3. The molecule has 0 radical (unpaired) electrons. The molecule has 6 nitrogen and oxygen atoms in total. The second-order valence-electron chi connectivity index (χ2n) is 6.45. The standard InChI is InChI=1S/C23H27N3O3/c1-24-23(26-15-18-10-7-9-17-8-5-6-11-19(17)18)25-14-16-12-20(27-2)22(29-4)21(13-16)28-3/h5-13H,14-15H2,1-4H3,(H2,24,25,26). The molecule has 29 heavy (non-hydrogen) atoms. The van der Waals surface area contributed by atoms with Gasteiger partial charge in [-0.1, -0.05) is 42.5 Å². The summed E-state index contributed by atoms with van der Waals surface area (Å²) in [5.74, 6) is 2.55. The summed E-state index contributed by atoms with van der Waals surface area (Å²) in [5.41, 5.74) is 2.21. The van der Waals surface area contributed by atoms with Gasteiger partial charge in [0, 0.05) is 20.1 Å². The van der Waals surface area contributed by atoms with E-state index in [2.05, 4.69) is 58.1 Å². The van der Waals surface area contributed by atoms with Gasteiger partial charge >= 0.3 is 0 Å². The van der Waals surface area contributed by atoms with E-state index in [1.807, 2.05) is 12.1 Å². The van der Waals surface area contributed by atoms with Crippen molar-refractivity contribution >= 4 is 16.7 Å². The minimum Gasteiger partial charge on any atom is -0.493 e. The molecule has 0 aromatic heterocycles. The number of guanidine groups is 1. The van der Waals surface area contributed by atoms with Crippen molar-refractivity contribution in [2.24, 2.45) is 4.99 Å². The Balaban J connectivity index is 1.68. The van der Waals surface area contributed by atoms with Crippen LogP contribution in [0.15, 0.2) is 59.6 Å². The normalized spacial score (nSPS) is 11.2. The van der Waals surface area contributed by atoms with Crippen LogP contribution in [0.1, 0.15) is 11.1 Å². The molecule has 0 saturated carbocycles. The number of hydrogen-bond acceptors (Lipinski definition) is 4. The summed E-state index contributed by atoms with van der Waals surface area (Å²) >= 11 is 0. The first-order chi connectivity index (χ1) is 14.2. The number of hydrogen-bond donors (Lipinski definition) is 2. The zero-order valence-corrected chi connectivity index (χ0v) is 17.3. The molecule has 3 aromatic rings. The lowest BCUT2D eigenvalue weighted by atomic mass is 10.0. The predicted octanol–water partition coefficient (Wildman–Crippen LogP) is 3.73. The second kappa shape index (κ2) is 9.68. The van der Waals surface area contributed by atoms with E-state index in [1.54, 1.807) is 28.4 Å². The van der Waals surface area contributed by atoms with Crippen LogP contribution in [0, 0.1) is 0 Å². The first-order valence-electron chi connectivity index (χ1n) is 9.40. The van der Waals surface area contributed by atoms with Gasteiger partial charge in [-0.05, 0) is 34.0 Å². The average molecular weight is 393 g/mol. The fourth-order valence-corrected chi connectivity index (χ4v) is 3.27. The average Bonchev–Trinajstić information content (AvgIpc) is 2.78. The Labute approximate surface area is 171 Å². The Morgan fingerprint density at radius 2 is 1.48 bits per heavy atom. The van der Waals surface area contributed by atoms with Crippen LogP contribution in [-0.2, 0) is 13.1 Å². The number of benzene rings is 3. The number of fused-ring (bicyclic) bond motifs is 1. The summed E-state index contributed by atoms with van der Waals surface area (Å²) in [6.07, 6.45) is 0. The number of aliphatic imine (C=N–C) groups is 1. The molecule has 0 amide bonds. The highest BCUT2D eigenvalue weighted by molar-refractivity contribution is 5.86. The van der Waals surface area contributed by atoms with Crippen molar-refractivity contribution in [3.63, 3.8) is 0 Å². The Kier molecular flexibility index (Phi) is 6.79. The molecule has 0 aliphatic heterocycles. The van der Waals surface area contributed by atoms with E-state index in [0.717, 1.165) is 5.56 Å². The summed E-state index contributed by atoms with van der Waals surface area (Å²) in [6.45, 7) is 1.24. The molecule has 0 saturated heterocycles. The molecule has 3 aromatic carbocycles. The Bertz CT molecular complexity index is 971. The third-order valence-electron chi connectivity index (χ3n) is 4.73. The Morgan fingerprint density at radius 1 is 0.828 bits per heavy atom. The van der Waals surface area contributed by atoms with E-state index in [9.17, 15) is 0 Å². The maximum atomic E-state index is 5.42. The molecule has 0 bridgehead atoms. The third-order valence-corrected chi connectivity index (χ3v) is 4.73. The lowest BCUT2D eigenvalue weighted by Crippen LogP contribution is -2.36. The molecule has 152 valence electrons. The minimum atomic E-state index is 0.561. The van der Waals surface area contributed by atoms with Crippen LogP contribution in [0.4, 0.5) is 0 Å². The van der Waals surface area contributed by atoms with Gasteiger partial charge in [-0.3, -0.25) is 4.99 Å². The van der Waals surface area contributed by atoms with E-state index < -0.39 is 0 Å². The molecule has 0 aliphatic carbocycles. The number of nitrogens with one attached hydrogen (secondary N) is 2. The number of methoxy groups -OCH3 is 3. The molecule has 0 spiro atoms. The highest BCUT2D eigenvalue weighted by Crippen LogP contribution is 2.38. The monoisotopic (exact) mass is 393 g/mol. The zero-order chi connectivity index (χ0) is 20.6. The molecule has 0 aliphatic rings. The van der Waals surface area contributed by atoms with Gasteiger partial charge in [0.05, 0.1) is 21.3 Å². The third kappa shape index (κ3) is 4.71. The molecule has 0 atom stereocenters. The fourth-order valence-electron chi connectivity index (χ4n) is 3.27. The number of ether oxygens (including phenoxy) is 3. The molecule has 0 fully saturated rings. The van der Waals surface area contributed by atoms with Gasteiger partial charge in [0.25, 0.3) is 0 Å². The van der Waals surface area contributed by atoms with Crippen LogP contribution >= 0.6 is 0 Å². The molecule has 0 unspecified atom stereocenters. The summed E-state index contributed by atoms with van der Waals surface area (Å²) in [6, 6.07) is 18.5. The van der Waals surface area contributed by atoms with Crippen LogP contribution in [0.25, 0.3) is 10.8 Å². The van der Waals surface area contributed by atoms with Gasteiger partial charge in [0.1, 0.15) is 0 Å². The zero-order valence-electron chi connectivity index (χ0n) is 17.3. The predicted molar refractivity (Wildman–Crippen MR) is 117 cm³/mol. The summed E-state index contributed by atoms with van der Waals surface area (Å²) in [4.78, 5) is 4.32. The van der Waals surface area contributed by atoms with E-state index >= 15 is 0 Å². The van der Waals surface area contributed by atoms with Gasteiger partial charge in [-0.2, -0.15) is 0 Å². The molecular weight excluding hydrogens is 366 g/mol. The highest BCUT2D eigenvalue weighted by Gasteiger charge is 2.13. The summed E-state index contributed by atoms with van der Waals surface area (Å²) in [7, 11) is 6.57. The van der Waals surface area contributed by atoms with Crippen molar-refractivity contribution in [2.75, 3.05) is 28.4 Å². The molecule has 6 heteroatoms. The van der Waals surface area contributed by atoms with Crippen molar-refractivity contribution in [2.45, 2.75) is 13.1 Å². The highest BCUT2D eigenvalue weighted by atomic mass is 16.5. The quantitative estimate of drug-likeness (QED) is 0.473. The molecule has 0 heterocycles. The maximum absolute atomic E-state index is 5.42. The van der Waals surface area contributed by atoms with Crippen molar-refractivity contribution in [3.8, 4) is 17.2 Å². The summed E-state index contributed by atoms with van der Waals surface area (Å²) < 4.78 is 16.2. The summed E-state index contributed by atoms with van der Waals surface area (Å²) in [5, 5.41) is 9.18.